The van der Waals surface area contributed by atoms with E-state index in [2.05, 4.69) is 16.0 Å². The van der Waals surface area contributed by atoms with E-state index >= 15 is 0 Å². The molecule has 0 fully saturated rings. The number of carbonyl (C=O) groups excluding carboxylic acids is 4. The van der Waals surface area contributed by atoms with E-state index in [1.807, 2.05) is 0 Å². The molecule has 0 aliphatic rings. The Kier molecular flexibility index (Phi) is 10.7. The Bertz CT molecular complexity index is 596. The zero-order valence-corrected chi connectivity index (χ0v) is 16.1. The van der Waals surface area contributed by atoms with Crippen molar-refractivity contribution in [3.63, 3.8) is 0 Å². The summed E-state index contributed by atoms with van der Waals surface area (Å²) in [5, 5.41) is 25.2. The monoisotopic (exact) mass is 403 g/mol. The quantitative estimate of drug-likeness (QED) is 0.175. The van der Waals surface area contributed by atoms with Gasteiger partial charge in [-0.05, 0) is 12.8 Å². The lowest BCUT2D eigenvalue weighted by atomic mass is 9.97. The van der Waals surface area contributed by atoms with Gasteiger partial charge >= 0.3 is 5.97 Å². The molecule has 0 saturated heterocycles. The van der Waals surface area contributed by atoms with Crippen LogP contribution in [0.4, 0.5) is 0 Å². The lowest BCUT2D eigenvalue weighted by Gasteiger charge is -2.27. The van der Waals surface area contributed by atoms with Gasteiger partial charge in [-0.15, -0.1) is 0 Å². The smallest absolute Gasteiger partial charge is 0.326 e. The summed E-state index contributed by atoms with van der Waals surface area (Å²) in [5.74, 6) is -5.17. The number of aliphatic hydroxyl groups is 1. The fraction of sp³-hybridized carbons (Fsp3) is 0.688. The predicted molar refractivity (Wildman–Crippen MR) is 97.4 cm³/mol. The average Bonchev–Trinajstić information content (AvgIpc) is 2.61. The van der Waals surface area contributed by atoms with Gasteiger partial charge < -0.3 is 37.6 Å². The van der Waals surface area contributed by atoms with Gasteiger partial charge in [0.05, 0.1) is 19.1 Å². The number of carboxylic acid groups (broad SMARTS) is 1. The van der Waals surface area contributed by atoms with Crippen molar-refractivity contribution in [3.8, 4) is 0 Å². The molecule has 0 aliphatic carbocycles. The molecule has 0 aromatic rings. The van der Waals surface area contributed by atoms with E-state index in [0.717, 1.165) is 0 Å². The number of hydrogen-bond acceptors (Lipinski definition) is 7. The largest absolute Gasteiger partial charge is 0.480 e. The maximum absolute atomic E-state index is 12.5. The second-order valence-electron chi connectivity index (χ2n) is 6.47. The second-order valence-corrected chi connectivity index (χ2v) is 6.47. The zero-order chi connectivity index (χ0) is 22.0. The lowest BCUT2D eigenvalue weighted by Crippen LogP contribution is -2.59. The Labute approximate surface area is 162 Å². The number of aliphatic hydroxyl groups excluding tert-OH is 1. The molecule has 0 radical (unpaired) electrons. The number of hydrogen-bond donors (Lipinski definition) is 7. The number of nitrogens with two attached hydrogens (primary N) is 2. The normalized spacial score (nSPS) is 16.0. The first-order chi connectivity index (χ1) is 12.9. The molecule has 0 saturated carbocycles. The highest BCUT2D eigenvalue weighted by Gasteiger charge is 2.32. The van der Waals surface area contributed by atoms with Gasteiger partial charge in [-0.2, -0.15) is 0 Å². The average molecular weight is 403 g/mol. The van der Waals surface area contributed by atoms with Crippen LogP contribution in [0.1, 0.15) is 33.6 Å². The molecule has 12 heteroatoms. The summed E-state index contributed by atoms with van der Waals surface area (Å²) in [4.78, 5) is 58.7. The van der Waals surface area contributed by atoms with Crippen LogP contribution in [-0.2, 0) is 24.0 Å². The summed E-state index contributed by atoms with van der Waals surface area (Å²) in [6.07, 6.45) is -0.173. The SMILES string of the molecule is CCC(C)C(NC(=O)C(CO)NC(=O)C(C)N)C(=O)NC(CC(N)=O)C(=O)O. The zero-order valence-electron chi connectivity index (χ0n) is 16.1. The van der Waals surface area contributed by atoms with Crippen LogP contribution in [0.15, 0.2) is 0 Å². The number of rotatable bonds is 12. The molecule has 0 aromatic heterocycles. The molecule has 0 aliphatic heterocycles. The molecular weight excluding hydrogens is 374 g/mol. The maximum atomic E-state index is 12.5. The van der Waals surface area contributed by atoms with Gasteiger partial charge in [0.2, 0.25) is 23.6 Å². The third kappa shape index (κ3) is 8.31. The van der Waals surface area contributed by atoms with Crippen LogP contribution < -0.4 is 27.4 Å². The molecule has 0 bridgehead atoms. The molecule has 4 amide bonds. The van der Waals surface area contributed by atoms with Crippen LogP contribution in [0.25, 0.3) is 0 Å². The van der Waals surface area contributed by atoms with Crippen molar-refractivity contribution in [2.75, 3.05) is 6.61 Å². The van der Waals surface area contributed by atoms with Crippen molar-refractivity contribution < 1.29 is 34.2 Å². The standard InChI is InChI=1S/C16H29N5O7/c1-4-7(2)12(15(26)19-9(16(27)28)5-11(18)23)21-14(25)10(6-22)20-13(24)8(3)17/h7-10,12,22H,4-6,17H2,1-3H3,(H2,18,23)(H,19,26)(H,20,24)(H,21,25)(H,27,28). The summed E-state index contributed by atoms with van der Waals surface area (Å²) in [7, 11) is 0. The summed E-state index contributed by atoms with van der Waals surface area (Å²) in [5.41, 5.74) is 10.4. The molecule has 0 rings (SSSR count). The first-order valence-electron chi connectivity index (χ1n) is 8.73. The van der Waals surface area contributed by atoms with Crippen LogP contribution in [0.2, 0.25) is 0 Å². The van der Waals surface area contributed by atoms with Crippen LogP contribution in [0.5, 0.6) is 0 Å². The number of primary amides is 1. The number of aliphatic carboxylic acids is 1. The van der Waals surface area contributed by atoms with Crippen molar-refractivity contribution in [2.24, 2.45) is 17.4 Å². The van der Waals surface area contributed by atoms with E-state index in [0.29, 0.717) is 6.42 Å². The summed E-state index contributed by atoms with van der Waals surface area (Å²) >= 11 is 0. The Morgan fingerprint density at radius 2 is 1.46 bits per heavy atom. The van der Waals surface area contributed by atoms with Crippen molar-refractivity contribution in [2.45, 2.75) is 57.8 Å². The highest BCUT2D eigenvalue weighted by molar-refractivity contribution is 5.95. The van der Waals surface area contributed by atoms with E-state index in [9.17, 15) is 29.1 Å². The van der Waals surface area contributed by atoms with Crippen molar-refractivity contribution in [1.29, 1.82) is 0 Å². The Morgan fingerprint density at radius 1 is 0.929 bits per heavy atom. The van der Waals surface area contributed by atoms with Gasteiger partial charge in [0.15, 0.2) is 0 Å². The maximum Gasteiger partial charge on any atom is 0.326 e. The summed E-state index contributed by atoms with van der Waals surface area (Å²) in [6.45, 7) is 4.04. The molecular formula is C16H29N5O7. The third-order valence-corrected chi connectivity index (χ3v) is 4.04. The molecule has 5 atom stereocenters. The highest BCUT2D eigenvalue weighted by Crippen LogP contribution is 2.09. The number of nitrogens with one attached hydrogen (secondary N) is 3. The highest BCUT2D eigenvalue weighted by atomic mass is 16.4. The number of carbonyl (C=O) groups is 5. The first kappa shape index (κ1) is 25.3. The molecule has 0 aromatic carbocycles. The van der Waals surface area contributed by atoms with Crippen molar-refractivity contribution in [3.05, 3.63) is 0 Å². The van der Waals surface area contributed by atoms with Gasteiger partial charge in [0, 0.05) is 0 Å². The second kappa shape index (κ2) is 11.9. The van der Waals surface area contributed by atoms with E-state index in [4.69, 9.17) is 16.6 Å². The minimum Gasteiger partial charge on any atom is -0.480 e. The molecule has 0 heterocycles. The Morgan fingerprint density at radius 3 is 1.86 bits per heavy atom. The number of carboxylic acids is 1. The van der Waals surface area contributed by atoms with Crippen molar-refractivity contribution >= 4 is 29.6 Å². The molecule has 160 valence electrons. The van der Waals surface area contributed by atoms with Gasteiger partial charge in [-0.1, -0.05) is 20.3 Å². The molecule has 12 nitrogen and oxygen atoms in total. The van der Waals surface area contributed by atoms with Crippen molar-refractivity contribution in [1.82, 2.24) is 16.0 Å². The first-order valence-corrected chi connectivity index (χ1v) is 8.73. The van der Waals surface area contributed by atoms with E-state index in [1.54, 1.807) is 13.8 Å². The fourth-order valence-corrected chi connectivity index (χ4v) is 2.12. The topological polar surface area (TPSA) is 214 Å². The van der Waals surface area contributed by atoms with Crippen LogP contribution in [0.3, 0.4) is 0 Å². The molecule has 28 heavy (non-hydrogen) atoms. The Balaban J connectivity index is 5.32. The summed E-state index contributed by atoms with van der Waals surface area (Å²) < 4.78 is 0. The van der Waals surface area contributed by atoms with Crippen LogP contribution in [-0.4, -0.2) is 70.6 Å². The van der Waals surface area contributed by atoms with E-state index < -0.39 is 72.7 Å². The minimum atomic E-state index is -1.56. The molecule has 0 spiro atoms. The van der Waals surface area contributed by atoms with Gasteiger partial charge in [-0.25, -0.2) is 4.79 Å². The van der Waals surface area contributed by atoms with Gasteiger partial charge in [0.25, 0.3) is 0 Å². The lowest BCUT2D eigenvalue weighted by molar-refractivity contribution is -0.144. The molecule has 5 unspecified atom stereocenters. The van der Waals surface area contributed by atoms with E-state index in [-0.39, 0.29) is 0 Å². The number of amides is 4. The van der Waals surface area contributed by atoms with Gasteiger partial charge in [-0.3, -0.25) is 19.2 Å². The van der Waals surface area contributed by atoms with Crippen LogP contribution in [0, 0.1) is 5.92 Å². The Hall–Kier alpha value is -2.73. The fourth-order valence-electron chi connectivity index (χ4n) is 2.12. The minimum absolute atomic E-state index is 0.421. The van der Waals surface area contributed by atoms with Gasteiger partial charge in [0.1, 0.15) is 18.1 Å². The summed E-state index contributed by atoms with van der Waals surface area (Å²) in [6, 6.07) is -4.99. The third-order valence-electron chi connectivity index (χ3n) is 4.04. The predicted octanol–water partition coefficient (Wildman–Crippen LogP) is -3.21. The van der Waals surface area contributed by atoms with E-state index in [1.165, 1.54) is 6.92 Å². The molecule has 9 N–H and O–H groups in total. The van der Waals surface area contributed by atoms with Crippen LogP contribution >= 0.6 is 0 Å².